The van der Waals surface area contributed by atoms with Crippen molar-refractivity contribution in [3.63, 3.8) is 0 Å². The summed E-state index contributed by atoms with van der Waals surface area (Å²) in [6, 6.07) is 4.64. The van der Waals surface area contributed by atoms with Gasteiger partial charge in [0, 0.05) is 15.8 Å². The Balaban J connectivity index is 2.51. The minimum absolute atomic E-state index is 0.220. The average molecular weight is 253 g/mol. The van der Waals surface area contributed by atoms with Gasteiger partial charge in [-0.3, -0.25) is 0 Å². The lowest BCUT2D eigenvalue weighted by Crippen LogP contribution is -2.17. The fourth-order valence-electron chi connectivity index (χ4n) is 2.46. The van der Waals surface area contributed by atoms with Crippen molar-refractivity contribution in [2.45, 2.75) is 59.9 Å². The highest BCUT2D eigenvalue weighted by atomic mass is 32.1. The molecule has 0 aliphatic heterocycles. The van der Waals surface area contributed by atoms with Gasteiger partial charge >= 0.3 is 0 Å². The van der Waals surface area contributed by atoms with Crippen LogP contribution in [0.25, 0.3) is 0 Å². The summed E-state index contributed by atoms with van der Waals surface area (Å²) >= 11 is 1.88. The van der Waals surface area contributed by atoms with E-state index in [1.165, 1.54) is 16.2 Å². The van der Waals surface area contributed by atoms with Crippen LogP contribution in [-0.4, -0.2) is 0 Å². The minimum Gasteiger partial charge on any atom is -0.323 e. The van der Waals surface area contributed by atoms with Crippen molar-refractivity contribution >= 4 is 11.3 Å². The van der Waals surface area contributed by atoms with Crippen LogP contribution >= 0.6 is 11.3 Å². The van der Waals surface area contributed by atoms with E-state index in [1.54, 1.807) is 0 Å². The van der Waals surface area contributed by atoms with Crippen LogP contribution in [-0.2, 0) is 6.42 Å². The molecule has 2 atom stereocenters. The molecule has 0 fully saturated rings. The van der Waals surface area contributed by atoms with Crippen molar-refractivity contribution in [1.82, 2.24) is 0 Å². The summed E-state index contributed by atoms with van der Waals surface area (Å²) in [5, 5.41) is 0. The maximum absolute atomic E-state index is 6.29. The Labute approximate surface area is 110 Å². The largest absolute Gasteiger partial charge is 0.323 e. The lowest BCUT2D eigenvalue weighted by molar-refractivity contribution is 0.287. The Kier molecular flexibility index (Phi) is 5.21. The van der Waals surface area contributed by atoms with Gasteiger partial charge in [-0.15, -0.1) is 11.3 Å². The van der Waals surface area contributed by atoms with Gasteiger partial charge in [-0.2, -0.15) is 0 Å². The first kappa shape index (κ1) is 14.7. The van der Waals surface area contributed by atoms with E-state index in [4.69, 9.17) is 5.73 Å². The molecule has 0 aromatic carbocycles. The summed E-state index contributed by atoms with van der Waals surface area (Å²) in [7, 11) is 0. The summed E-state index contributed by atoms with van der Waals surface area (Å²) in [6.45, 7) is 11.4. The molecule has 1 heterocycles. The molecule has 0 radical (unpaired) electrons. The zero-order valence-electron chi connectivity index (χ0n) is 11.9. The number of thiophene rings is 1. The smallest absolute Gasteiger partial charge is 0.0392 e. The Morgan fingerprint density at radius 1 is 1.29 bits per heavy atom. The average Bonchev–Trinajstić information content (AvgIpc) is 2.62. The van der Waals surface area contributed by atoms with Gasteiger partial charge in [-0.1, -0.05) is 34.6 Å². The van der Waals surface area contributed by atoms with E-state index in [9.17, 15) is 0 Å². The molecule has 1 rings (SSSR count). The molecule has 2 heteroatoms. The molecule has 2 N–H and O–H groups in total. The summed E-state index contributed by atoms with van der Waals surface area (Å²) in [5.41, 5.74) is 6.70. The molecule has 0 aliphatic rings. The normalized spacial score (nSPS) is 15.9. The molecule has 0 spiro atoms. The van der Waals surface area contributed by atoms with Gasteiger partial charge in [0.1, 0.15) is 0 Å². The van der Waals surface area contributed by atoms with Crippen LogP contribution in [0.4, 0.5) is 0 Å². The standard InChI is InChI=1S/C15H27NS/c1-6-12-7-8-14(17-12)13(16)9-11(2)10-15(3,4)5/h7-8,11,13H,6,9-10,16H2,1-5H3. The summed E-state index contributed by atoms with van der Waals surface area (Å²) in [5.74, 6) is 0.692. The van der Waals surface area contributed by atoms with E-state index in [2.05, 4.69) is 46.8 Å². The molecule has 0 amide bonds. The zero-order valence-corrected chi connectivity index (χ0v) is 12.7. The number of nitrogens with two attached hydrogens (primary N) is 1. The van der Waals surface area contributed by atoms with E-state index >= 15 is 0 Å². The Hall–Kier alpha value is -0.340. The van der Waals surface area contributed by atoms with Gasteiger partial charge in [-0.05, 0) is 42.7 Å². The molecular weight excluding hydrogens is 226 g/mol. The highest BCUT2D eigenvalue weighted by Gasteiger charge is 2.18. The number of hydrogen-bond donors (Lipinski definition) is 1. The number of rotatable bonds is 5. The molecule has 2 unspecified atom stereocenters. The van der Waals surface area contributed by atoms with Crippen molar-refractivity contribution in [3.8, 4) is 0 Å². The quantitative estimate of drug-likeness (QED) is 0.803. The molecule has 98 valence electrons. The van der Waals surface area contributed by atoms with Crippen molar-refractivity contribution in [2.75, 3.05) is 0 Å². The van der Waals surface area contributed by atoms with E-state index in [0.29, 0.717) is 11.3 Å². The Morgan fingerprint density at radius 3 is 2.41 bits per heavy atom. The van der Waals surface area contributed by atoms with Crippen LogP contribution in [0, 0.1) is 11.3 Å². The van der Waals surface area contributed by atoms with Gasteiger partial charge < -0.3 is 5.73 Å². The highest BCUT2D eigenvalue weighted by Crippen LogP contribution is 2.31. The number of hydrogen-bond acceptors (Lipinski definition) is 2. The van der Waals surface area contributed by atoms with Crippen molar-refractivity contribution in [3.05, 3.63) is 21.9 Å². The topological polar surface area (TPSA) is 26.0 Å². The molecule has 0 saturated heterocycles. The second kappa shape index (κ2) is 6.01. The summed E-state index contributed by atoms with van der Waals surface area (Å²) < 4.78 is 0. The maximum Gasteiger partial charge on any atom is 0.0392 e. The third-order valence-electron chi connectivity index (χ3n) is 3.01. The van der Waals surface area contributed by atoms with Crippen molar-refractivity contribution in [1.29, 1.82) is 0 Å². The fraction of sp³-hybridized carbons (Fsp3) is 0.733. The van der Waals surface area contributed by atoms with Gasteiger partial charge in [0.15, 0.2) is 0 Å². The third kappa shape index (κ3) is 5.22. The molecule has 0 aliphatic carbocycles. The van der Waals surface area contributed by atoms with Crippen LogP contribution in [0.2, 0.25) is 0 Å². The summed E-state index contributed by atoms with van der Waals surface area (Å²) in [4.78, 5) is 2.79. The SMILES string of the molecule is CCc1ccc(C(N)CC(C)CC(C)(C)C)s1. The predicted octanol–water partition coefficient (Wildman–Crippen LogP) is 4.77. The first-order chi connectivity index (χ1) is 7.81. The second-order valence-electron chi connectivity index (χ2n) is 6.37. The zero-order chi connectivity index (χ0) is 13.1. The molecule has 17 heavy (non-hydrogen) atoms. The molecule has 1 nitrogen and oxygen atoms in total. The highest BCUT2D eigenvalue weighted by molar-refractivity contribution is 7.12. The van der Waals surface area contributed by atoms with Crippen molar-refractivity contribution < 1.29 is 0 Å². The van der Waals surface area contributed by atoms with E-state index in [-0.39, 0.29) is 6.04 Å². The van der Waals surface area contributed by atoms with Crippen LogP contribution in [0.5, 0.6) is 0 Å². The Bertz CT molecular complexity index is 335. The molecule has 0 saturated carbocycles. The van der Waals surface area contributed by atoms with Gasteiger partial charge in [0.05, 0.1) is 0 Å². The molecular formula is C15H27NS. The first-order valence-corrected chi connectivity index (χ1v) is 7.47. The van der Waals surface area contributed by atoms with E-state index < -0.39 is 0 Å². The van der Waals surface area contributed by atoms with E-state index in [1.807, 2.05) is 11.3 Å². The molecule has 0 bridgehead atoms. The monoisotopic (exact) mass is 253 g/mol. The van der Waals surface area contributed by atoms with Crippen LogP contribution < -0.4 is 5.73 Å². The number of aryl methyl sites for hydroxylation is 1. The van der Waals surface area contributed by atoms with Crippen molar-refractivity contribution in [2.24, 2.45) is 17.1 Å². The summed E-state index contributed by atoms with van der Waals surface area (Å²) in [6.07, 6.45) is 3.46. The van der Waals surface area contributed by atoms with Crippen LogP contribution in [0.3, 0.4) is 0 Å². The van der Waals surface area contributed by atoms with Crippen LogP contribution in [0.1, 0.15) is 63.3 Å². The fourth-order valence-corrected chi connectivity index (χ4v) is 3.43. The first-order valence-electron chi connectivity index (χ1n) is 6.66. The lowest BCUT2D eigenvalue weighted by Gasteiger charge is -2.25. The third-order valence-corrected chi connectivity index (χ3v) is 4.37. The predicted molar refractivity (Wildman–Crippen MR) is 78.5 cm³/mol. The minimum atomic E-state index is 0.220. The molecule has 1 aromatic rings. The second-order valence-corrected chi connectivity index (χ2v) is 7.57. The van der Waals surface area contributed by atoms with E-state index in [0.717, 1.165) is 12.8 Å². The maximum atomic E-state index is 6.29. The van der Waals surface area contributed by atoms with Gasteiger partial charge in [0.25, 0.3) is 0 Å². The van der Waals surface area contributed by atoms with Gasteiger partial charge in [0.2, 0.25) is 0 Å². The van der Waals surface area contributed by atoms with Crippen LogP contribution in [0.15, 0.2) is 12.1 Å². The van der Waals surface area contributed by atoms with Gasteiger partial charge in [-0.25, -0.2) is 0 Å². The lowest BCUT2D eigenvalue weighted by atomic mass is 9.83. The Morgan fingerprint density at radius 2 is 1.94 bits per heavy atom. The molecule has 1 aromatic heterocycles.